The Morgan fingerprint density at radius 1 is 1.53 bits per heavy atom. The lowest BCUT2D eigenvalue weighted by molar-refractivity contribution is -0.149. The van der Waals surface area contributed by atoms with Crippen LogP contribution in [0.25, 0.3) is 0 Å². The first-order valence-electron chi connectivity index (χ1n) is 6.83. The van der Waals surface area contributed by atoms with Crippen molar-refractivity contribution < 1.29 is 19.1 Å². The smallest absolute Gasteiger partial charge is 0.325 e. The second kappa shape index (κ2) is 8.69. The molecule has 1 amide bonds. The van der Waals surface area contributed by atoms with E-state index in [4.69, 9.17) is 9.47 Å². The summed E-state index contributed by atoms with van der Waals surface area (Å²) in [4.78, 5) is 25.1. The van der Waals surface area contributed by atoms with Crippen LogP contribution in [0.3, 0.4) is 0 Å². The van der Waals surface area contributed by atoms with Crippen molar-refractivity contribution in [3.63, 3.8) is 0 Å². The molecule has 19 heavy (non-hydrogen) atoms. The Bertz CT molecular complexity index is 311. The number of nitrogens with zero attached hydrogens (tertiary/aromatic N) is 1. The van der Waals surface area contributed by atoms with Gasteiger partial charge < -0.3 is 14.4 Å². The molecule has 1 aliphatic heterocycles. The molecule has 0 aromatic heterocycles. The Balaban J connectivity index is 2.52. The van der Waals surface area contributed by atoms with E-state index in [2.05, 4.69) is 6.58 Å². The molecular weight excluding hydrogens is 246 g/mol. The van der Waals surface area contributed by atoms with E-state index in [9.17, 15) is 9.59 Å². The fourth-order valence-electron chi connectivity index (χ4n) is 2.03. The molecule has 1 unspecified atom stereocenters. The maximum Gasteiger partial charge on any atom is 0.325 e. The fraction of sp³-hybridized carbons (Fsp3) is 0.714. The van der Waals surface area contributed by atoms with E-state index >= 15 is 0 Å². The molecule has 0 saturated carbocycles. The first kappa shape index (κ1) is 15.7. The molecule has 0 spiro atoms. The van der Waals surface area contributed by atoms with Crippen LogP contribution in [0.4, 0.5) is 0 Å². The first-order chi connectivity index (χ1) is 9.17. The molecule has 1 rings (SSSR count). The highest BCUT2D eigenvalue weighted by Gasteiger charge is 2.24. The number of hydrogen-bond acceptors (Lipinski definition) is 4. The van der Waals surface area contributed by atoms with Gasteiger partial charge in [-0.1, -0.05) is 6.08 Å². The molecule has 0 aromatic carbocycles. The minimum absolute atomic E-state index is 0.00365. The minimum Gasteiger partial charge on any atom is -0.465 e. The minimum atomic E-state index is -0.368. The third kappa shape index (κ3) is 5.87. The summed E-state index contributed by atoms with van der Waals surface area (Å²) in [5.41, 5.74) is 0. The zero-order valence-corrected chi connectivity index (χ0v) is 11.6. The highest BCUT2D eigenvalue weighted by atomic mass is 16.5. The summed E-state index contributed by atoms with van der Waals surface area (Å²) < 4.78 is 10.4. The van der Waals surface area contributed by atoms with Gasteiger partial charge in [0.15, 0.2) is 0 Å². The SMILES string of the molecule is C=CCCC(=O)N(CC(=O)OCC)CC1CCCO1. The second-order valence-corrected chi connectivity index (χ2v) is 4.54. The van der Waals surface area contributed by atoms with Crippen molar-refractivity contribution in [2.75, 3.05) is 26.3 Å². The monoisotopic (exact) mass is 269 g/mol. The van der Waals surface area contributed by atoms with E-state index in [1.807, 2.05) is 0 Å². The summed E-state index contributed by atoms with van der Waals surface area (Å²) in [5.74, 6) is -0.420. The highest BCUT2D eigenvalue weighted by molar-refractivity contribution is 5.82. The summed E-state index contributed by atoms with van der Waals surface area (Å²) in [7, 11) is 0. The number of ether oxygens (including phenoxy) is 2. The Hall–Kier alpha value is -1.36. The van der Waals surface area contributed by atoms with Gasteiger partial charge in [-0.05, 0) is 26.2 Å². The van der Waals surface area contributed by atoms with E-state index in [-0.39, 0.29) is 24.5 Å². The zero-order valence-electron chi connectivity index (χ0n) is 11.6. The number of allylic oxidation sites excluding steroid dienone is 1. The van der Waals surface area contributed by atoms with Crippen LogP contribution in [-0.4, -0.2) is 49.2 Å². The third-order valence-electron chi connectivity index (χ3n) is 2.99. The van der Waals surface area contributed by atoms with Gasteiger partial charge in [-0.15, -0.1) is 6.58 Å². The van der Waals surface area contributed by atoms with E-state index in [0.29, 0.717) is 26.0 Å². The van der Waals surface area contributed by atoms with E-state index < -0.39 is 0 Å². The Kier molecular flexibility index (Phi) is 7.18. The van der Waals surface area contributed by atoms with Crippen molar-refractivity contribution in [1.29, 1.82) is 0 Å². The molecule has 0 N–H and O–H groups in total. The molecule has 1 aliphatic rings. The van der Waals surface area contributed by atoms with Gasteiger partial charge in [-0.3, -0.25) is 9.59 Å². The summed E-state index contributed by atoms with van der Waals surface area (Å²) in [6.45, 7) is 6.88. The van der Waals surface area contributed by atoms with Crippen LogP contribution in [0.1, 0.15) is 32.6 Å². The number of carbonyl (C=O) groups excluding carboxylic acids is 2. The van der Waals surface area contributed by atoms with Crippen LogP contribution in [0, 0.1) is 0 Å². The third-order valence-corrected chi connectivity index (χ3v) is 2.99. The van der Waals surface area contributed by atoms with Gasteiger partial charge in [-0.25, -0.2) is 0 Å². The average molecular weight is 269 g/mol. The van der Waals surface area contributed by atoms with Crippen molar-refractivity contribution in [3.05, 3.63) is 12.7 Å². The summed E-state index contributed by atoms with van der Waals surface area (Å²) in [5, 5.41) is 0. The lowest BCUT2D eigenvalue weighted by Crippen LogP contribution is -2.41. The second-order valence-electron chi connectivity index (χ2n) is 4.54. The summed E-state index contributed by atoms with van der Waals surface area (Å²) in [6.07, 6.45) is 4.68. The molecule has 0 aromatic rings. The van der Waals surface area contributed by atoms with Crippen LogP contribution in [0.2, 0.25) is 0 Å². The number of amides is 1. The summed E-state index contributed by atoms with van der Waals surface area (Å²) >= 11 is 0. The molecule has 1 saturated heterocycles. The molecule has 5 nitrogen and oxygen atoms in total. The quantitative estimate of drug-likeness (QED) is 0.495. The summed E-state index contributed by atoms with van der Waals surface area (Å²) in [6, 6.07) is 0. The molecule has 0 bridgehead atoms. The van der Waals surface area contributed by atoms with Crippen molar-refractivity contribution in [2.45, 2.75) is 38.7 Å². The largest absolute Gasteiger partial charge is 0.465 e. The number of esters is 1. The van der Waals surface area contributed by atoms with Gasteiger partial charge in [0.25, 0.3) is 0 Å². The Morgan fingerprint density at radius 2 is 2.32 bits per heavy atom. The van der Waals surface area contributed by atoms with Crippen LogP contribution in [-0.2, 0) is 19.1 Å². The van der Waals surface area contributed by atoms with Crippen LogP contribution < -0.4 is 0 Å². The van der Waals surface area contributed by atoms with Crippen molar-refractivity contribution in [3.8, 4) is 0 Å². The van der Waals surface area contributed by atoms with E-state index in [1.54, 1.807) is 13.0 Å². The Morgan fingerprint density at radius 3 is 2.89 bits per heavy atom. The molecule has 1 fully saturated rings. The van der Waals surface area contributed by atoms with E-state index in [1.165, 1.54) is 4.90 Å². The van der Waals surface area contributed by atoms with Crippen LogP contribution >= 0.6 is 0 Å². The van der Waals surface area contributed by atoms with Crippen LogP contribution in [0.15, 0.2) is 12.7 Å². The highest BCUT2D eigenvalue weighted by Crippen LogP contribution is 2.14. The number of carbonyl (C=O) groups is 2. The lowest BCUT2D eigenvalue weighted by Gasteiger charge is -2.24. The van der Waals surface area contributed by atoms with Crippen molar-refractivity contribution in [2.24, 2.45) is 0 Å². The predicted octanol–water partition coefficient (Wildman–Crippen LogP) is 1.52. The molecule has 0 aliphatic carbocycles. The zero-order chi connectivity index (χ0) is 14.1. The van der Waals surface area contributed by atoms with Gasteiger partial charge in [0.1, 0.15) is 6.54 Å². The van der Waals surface area contributed by atoms with Gasteiger partial charge >= 0.3 is 5.97 Å². The molecule has 5 heteroatoms. The molecule has 0 radical (unpaired) electrons. The van der Waals surface area contributed by atoms with Gasteiger partial charge in [0.2, 0.25) is 5.91 Å². The topological polar surface area (TPSA) is 55.8 Å². The van der Waals surface area contributed by atoms with Gasteiger partial charge in [0.05, 0.1) is 12.7 Å². The van der Waals surface area contributed by atoms with Gasteiger partial charge in [0, 0.05) is 19.6 Å². The van der Waals surface area contributed by atoms with Crippen LogP contribution in [0.5, 0.6) is 0 Å². The first-order valence-corrected chi connectivity index (χ1v) is 6.83. The van der Waals surface area contributed by atoms with Crippen molar-refractivity contribution >= 4 is 11.9 Å². The molecule has 1 atom stereocenters. The van der Waals surface area contributed by atoms with E-state index in [0.717, 1.165) is 19.4 Å². The fourth-order valence-corrected chi connectivity index (χ4v) is 2.03. The maximum absolute atomic E-state index is 12.0. The average Bonchev–Trinajstić information content (AvgIpc) is 2.88. The lowest BCUT2D eigenvalue weighted by atomic mass is 10.2. The molecule has 1 heterocycles. The standard InChI is InChI=1S/C14H23NO4/c1-3-5-8-13(16)15(11-14(17)18-4-2)10-12-7-6-9-19-12/h3,12H,1,4-11H2,2H3. The van der Waals surface area contributed by atoms with Gasteiger partial charge in [-0.2, -0.15) is 0 Å². The Labute approximate surface area is 114 Å². The van der Waals surface area contributed by atoms with Crippen molar-refractivity contribution in [1.82, 2.24) is 4.90 Å². The number of rotatable bonds is 8. The number of hydrogen-bond donors (Lipinski definition) is 0. The maximum atomic E-state index is 12.0. The molecule has 108 valence electrons. The normalized spacial score (nSPS) is 18.1. The molecular formula is C14H23NO4. The predicted molar refractivity (Wildman–Crippen MR) is 71.6 cm³/mol.